The van der Waals surface area contributed by atoms with E-state index in [1.165, 1.54) is 0 Å². The van der Waals surface area contributed by atoms with E-state index < -0.39 is 5.60 Å². The molecule has 18 heavy (non-hydrogen) atoms. The molecule has 0 amide bonds. The summed E-state index contributed by atoms with van der Waals surface area (Å²) in [5.41, 5.74) is -0.204. The summed E-state index contributed by atoms with van der Waals surface area (Å²) in [6, 6.07) is 9.56. The number of aryl methyl sites for hydroxylation is 1. The molecule has 1 atom stereocenters. The predicted octanol–water partition coefficient (Wildman–Crippen LogP) is 1.50. The highest BCUT2D eigenvalue weighted by Gasteiger charge is 2.31. The Morgan fingerprint density at radius 1 is 1.33 bits per heavy atom. The van der Waals surface area contributed by atoms with Crippen molar-refractivity contribution in [3.63, 3.8) is 0 Å². The van der Waals surface area contributed by atoms with Gasteiger partial charge in [-0.3, -0.25) is 0 Å². The maximum Gasteiger partial charge on any atom is 0.120 e. The molecule has 1 aromatic carbocycles. The second kappa shape index (κ2) is 5.33. The minimum atomic E-state index is -1.05. The van der Waals surface area contributed by atoms with E-state index in [1.807, 2.05) is 48.1 Å². The number of imidazole rings is 1. The van der Waals surface area contributed by atoms with Gasteiger partial charge in [0.1, 0.15) is 11.4 Å². The summed E-state index contributed by atoms with van der Waals surface area (Å²) < 4.78 is 7.07. The van der Waals surface area contributed by atoms with Crippen molar-refractivity contribution in [2.45, 2.75) is 12.0 Å². The van der Waals surface area contributed by atoms with Gasteiger partial charge >= 0.3 is 0 Å². The maximum atomic E-state index is 10.8. The van der Waals surface area contributed by atoms with Gasteiger partial charge < -0.3 is 14.4 Å². The van der Waals surface area contributed by atoms with Crippen molar-refractivity contribution >= 4 is 0 Å². The van der Waals surface area contributed by atoms with Crippen LogP contribution in [0.3, 0.4) is 0 Å². The first-order valence-electron chi connectivity index (χ1n) is 5.89. The van der Waals surface area contributed by atoms with Crippen LogP contribution in [-0.2, 0) is 23.8 Å². The highest BCUT2D eigenvalue weighted by atomic mass is 16.5. The molecule has 96 valence electrons. The molecule has 0 radical (unpaired) electrons. The van der Waals surface area contributed by atoms with Crippen molar-refractivity contribution < 1.29 is 9.84 Å². The molecule has 0 fully saturated rings. The van der Waals surface area contributed by atoms with Gasteiger partial charge in [-0.05, 0) is 5.56 Å². The molecule has 1 N–H and O–H groups in total. The Morgan fingerprint density at radius 3 is 2.61 bits per heavy atom. The van der Waals surface area contributed by atoms with Crippen LogP contribution in [0.1, 0.15) is 11.4 Å². The number of hydrogen-bond donors (Lipinski definition) is 1. The van der Waals surface area contributed by atoms with Crippen LogP contribution in [0.2, 0.25) is 0 Å². The van der Waals surface area contributed by atoms with Gasteiger partial charge in [-0.1, -0.05) is 30.3 Å². The molecular weight excluding hydrogens is 228 g/mol. The number of aliphatic hydroxyl groups is 1. The van der Waals surface area contributed by atoms with Crippen LogP contribution in [0.4, 0.5) is 0 Å². The van der Waals surface area contributed by atoms with Crippen LogP contribution < -0.4 is 0 Å². The monoisotopic (exact) mass is 246 g/mol. The Morgan fingerprint density at radius 2 is 2.06 bits per heavy atom. The fourth-order valence-electron chi connectivity index (χ4n) is 2.05. The average molecular weight is 246 g/mol. The number of aromatic nitrogens is 2. The molecule has 4 nitrogen and oxygen atoms in total. The fraction of sp³-hybridized carbons (Fsp3) is 0.357. The van der Waals surface area contributed by atoms with E-state index in [2.05, 4.69) is 4.98 Å². The first-order valence-corrected chi connectivity index (χ1v) is 5.89. The first-order chi connectivity index (χ1) is 8.65. The van der Waals surface area contributed by atoms with E-state index in [0.717, 1.165) is 11.4 Å². The largest absolute Gasteiger partial charge is 0.382 e. The highest BCUT2D eigenvalue weighted by molar-refractivity contribution is 5.24. The van der Waals surface area contributed by atoms with Gasteiger partial charge in [0.15, 0.2) is 0 Å². The summed E-state index contributed by atoms with van der Waals surface area (Å²) in [4.78, 5) is 4.26. The van der Waals surface area contributed by atoms with Crippen LogP contribution in [0.25, 0.3) is 0 Å². The van der Waals surface area contributed by atoms with Gasteiger partial charge in [0.2, 0.25) is 0 Å². The Kier molecular flexibility index (Phi) is 3.79. The van der Waals surface area contributed by atoms with Crippen molar-refractivity contribution in [3.05, 3.63) is 54.1 Å². The third kappa shape index (κ3) is 2.60. The molecule has 1 unspecified atom stereocenters. The molecule has 4 heteroatoms. The zero-order valence-corrected chi connectivity index (χ0v) is 10.7. The van der Waals surface area contributed by atoms with Gasteiger partial charge in [-0.15, -0.1) is 0 Å². The molecular formula is C14H18N2O2. The third-order valence-electron chi connectivity index (χ3n) is 3.07. The summed E-state index contributed by atoms with van der Waals surface area (Å²) in [6.45, 7) is 0.240. The third-order valence-corrected chi connectivity index (χ3v) is 3.07. The van der Waals surface area contributed by atoms with Crippen molar-refractivity contribution in [2.75, 3.05) is 13.7 Å². The number of ether oxygens (including phenoxy) is 1. The molecule has 0 saturated heterocycles. The Bertz CT molecular complexity index is 496. The number of hydrogen-bond acceptors (Lipinski definition) is 3. The summed E-state index contributed by atoms with van der Waals surface area (Å²) in [5.74, 6) is 0.832. The normalized spacial score (nSPS) is 14.4. The van der Waals surface area contributed by atoms with E-state index in [9.17, 15) is 5.11 Å². The lowest BCUT2D eigenvalue weighted by molar-refractivity contribution is -0.0372. The summed E-state index contributed by atoms with van der Waals surface area (Å²) in [5, 5.41) is 10.8. The SMILES string of the molecule is COCC(O)(Cc1nccn1C)c1ccccc1. The van der Waals surface area contributed by atoms with Crippen LogP contribution in [0, 0.1) is 0 Å². The van der Waals surface area contributed by atoms with E-state index in [1.54, 1.807) is 13.3 Å². The van der Waals surface area contributed by atoms with E-state index in [0.29, 0.717) is 6.42 Å². The Labute approximate surface area is 107 Å². The van der Waals surface area contributed by atoms with Gasteiger partial charge in [0, 0.05) is 33.0 Å². The van der Waals surface area contributed by atoms with Gasteiger partial charge in [-0.25, -0.2) is 4.98 Å². The van der Waals surface area contributed by atoms with Crippen LogP contribution >= 0.6 is 0 Å². The standard InChI is InChI=1S/C14H18N2O2/c1-16-9-8-15-13(16)10-14(17,11-18-2)12-6-4-3-5-7-12/h3-9,17H,10-11H2,1-2H3. The smallest absolute Gasteiger partial charge is 0.120 e. The van der Waals surface area contributed by atoms with Crippen molar-refractivity contribution in [3.8, 4) is 0 Å². The average Bonchev–Trinajstić information content (AvgIpc) is 2.76. The molecule has 1 aromatic heterocycles. The lowest BCUT2D eigenvalue weighted by atomic mass is 9.91. The van der Waals surface area contributed by atoms with Crippen molar-refractivity contribution in [1.29, 1.82) is 0 Å². The van der Waals surface area contributed by atoms with Crippen LogP contribution in [0.15, 0.2) is 42.7 Å². The first kappa shape index (κ1) is 12.8. The Hall–Kier alpha value is -1.65. The maximum absolute atomic E-state index is 10.8. The van der Waals surface area contributed by atoms with Crippen LogP contribution in [0.5, 0.6) is 0 Å². The van der Waals surface area contributed by atoms with E-state index in [4.69, 9.17) is 4.74 Å². The molecule has 2 rings (SSSR count). The lowest BCUT2D eigenvalue weighted by Gasteiger charge is -2.27. The van der Waals surface area contributed by atoms with E-state index in [-0.39, 0.29) is 6.61 Å². The summed E-state index contributed by atoms with van der Waals surface area (Å²) in [6.07, 6.45) is 4.02. The molecule has 2 aromatic rings. The quantitative estimate of drug-likeness (QED) is 0.869. The van der Waals surface area contributed by atoms with Crippen LogP contribution in [-0.4, -0.2) is 28.4 Å². The summed E-state index contributed by atoms with van der Waals surface area (Å²) >= 11 is 0. The second-order valence-electron chi connectivity index (χ2n) is 4.46. The zero-order valence-electron chi connectivity index (χ0n) is 10.7. The molecule has 0 saturated carbocycles. The Balaban J connectivity index is 2.30. The highest BCUT2D eigenvalue weighted by Crippen LogP contribution is 2.25. The fourth-order valence-corrected chi connectivity index (χ4v) is 2.05. The topological polar surface area (TPSA) is 47.3 Å². The second-order valence-corrected chi connectivity index (χ2v) is 4.46. The van der Waals surface area contributed by atoms with Gasteiger partial charge in [0.25, 0.3) is 0 Å². The number of benzene rings is 1. The lowest BCUT2D eigenvalue weighted by Crippen LogP contribution is -2.34. The zero-order chi connectivity index (χ0) is 13.0. The molecule has 0 bridgehead atoms. The van der Waals surface area contributed by atoms with Gasteiger partial charge in [-0.2, -0.15) is 0 Å². The number of rotatable bonds is 5. The summed E-state index contributed by atoms with van der Waals surface area (Å²) in [7, 11) is 3.51. The predicted molar refractivity (Wildman–Crippen MR) is 69.1 cm³/mol. The molecule has 0 spiro atoms. The van der Waals surface area contributed by atoms with Gasteiger partial charge in [0.05, 0.1) is 6.61 Å². The van der Waals surface area contributed by atoms with Crippen molar-refractivity contribution in [1.82, 2.24) is 9.55 Å². The van der Waals surface area contributed by atoms with Crippen molar-refractivity contribution in [2.24, 2.45) is 7.05 Å². The molecule has 0 aliphatic rings. The minimum Gasteiger partial charge on any atom is -0.382 e. The number of nitrogens with zero attached hydrogens (tertiary/aromatic N) is 2. The molecule has 0 aliphatic heterocycles. The molecule has 0 aliphatic carbocycles. The number of methoxy groups -OCH3 is 1. The minimum absolute atomic E-state index is 0.240. The van der Waals surface area contributed by atoms with E-state index >= 15 is 0 Å². The molecule has 1 heterocycles.